The van der Waals surface area contributed by atoms with Gasteiger partial charge in [-0.2, -0.15) is 5.10 Å². The molecule has 0 saturated carbocycles. The molecule has 17 heavy (non-hydrogen) atoms. The molecule has 4 nitrogen and oxygen atoms in total. The second-order valence-electron chi connectivity index (χ2n) is 4.06. The van der Waals surface area contributed by atoms with Crippen molar-refractivity contribution in [1.82, 2.24) is 14.8 Å². The van der Waals surface area contributed by atoms with E-state index in [9.17, 15) is 0 Å². The summed E-state index contributed by atoms with van der Waals surface area (Å²) in [5, 5.41) is 4.52. The van der Waals surface area contributed by atoms with Crippen LogP contribution in [0.3, 0.4) is 0 Å². The van der Waals surface area contributed by atoms with E-state index < -0.39 is 0 Å². The van der Waals surface area contributed by atoms with Gasteiger partial charge in [0.25, 0.3) is 0 Å². The number of halogens is 1. The maximum atomic E-state index is 5.74. The van der Waals surface area contributed by atoms with Crippen molar-refractivity contribution in [2.75, 3.05) is 0 Å². The molecule has 2 heterocycles. The fourth-order valence-electron chi connectivity index (χ4n) is 1.79. The van der Waals surface area contributed by atoms with E-state index in [1.54, 1.807) is 0 Å². The quantitative estimate of drug-likeness (QED) is 0.925. The Bertz CT molecular complexity index is 560. The third kappa shape index (κ3) is 2.12. The lowest BCUT2D eigenvalue weighted by atomic mass is 10.2. The summed E-state index contributed by atoms with van der Waals surface area (Å²) in [5.74, 6) is 0. The van der Waals surface area contributed by atoms with Crippen molar-refractivity contribution in [1.29, 1.82) is 0 Å². The molecule has 0 spiro atoms. The summed E-state index contributed by atoms with van der Waals surface area (Å²) in [6.45, 7) is 6.42. The summed E-state index contributed by atoms with van der Waals surface area (Å²) in [4.78, 5) is 4.26. The zero-order chi connectivity index (χ0) is 12.6. The fraction of sp³-hybridized carbons (Fsp3) is 0.333. The highest BCUT2D eigenvalue weighted by molar-refractivity contribution is 9.10. The Kier molecular flexibility index (Phi) is 3.31. The number of pyridine rings is 1. The SMILES string of the molecule is Cc1cc(-n2nc(C)c(Br)c2C)c(CN)cn1. The lowest BCUT2D eigenvalue weighted by Gasteiger charge is -2.10. The first-order valence-electron chi connectivity index (χ1n) is 5.42. The van der Waals surface area contributed by atoms with Gasteiger partial charge in [0.05, 0.1) is 21.5 Å². The number of aryl methyl sites for hydroxylation is 2. The number of nitrogens with zero attached hydrogens (tertiary/aromatic N) is 3. The van der Waals surface area contributed by atoms with E-state index in [1.165, 1.54) is 0 Å². The first-order chi connectivity index (χ1) is 8.04. The molecule has 0 radical (unpaired) electrons. The highest BCUT2D eigenvalue weighted by Crippen LogP contribution is 2.24. The van der Waals surface area contributed by atoms with Crippen molar-refractivity contribution in [3.63, 3.8) is 0 Å². The molecule has 0 fully saturated rings. The van der Waals surface area contributed by atoms with E-state index in [0.717, 1.165) is 32.8 Å². The van der Waals surface area contributed by atoms with E-state index in [4.69, 9.17) is 5.73 Å². The van der Waals surface area contributed by atoms with Gasteiger partial charge in [-0.1, -0.05) is 0 Å². The monoisotopic (exact) mass is 294 g/mol. The van der Waals surface area contributed by atoms with Gasteiger partial charge in [-0.3, -0.25) is 4.98 Å². The maximum absolute atomic E-state index is 5.74. The summed E-state index contributed by atoms with van der Waals surface area (Å²) >= 11 is 3.53. The number of rotatable bonds is 2. The van der Waals surface area contributed by atoms with Crippen LogP contribution in [0.15, 0.2) is 16.7 Å². The number of hydrogen-bond acceptors (Lipinski definition) is 3. The molecule has 5 heteroatoms. The molecular weight excluding hydrogens is 280 g/mol. The van der Waals surface area contributed by atoms with Crippen molar-refractivity contribution >= 4 is 15.9 Å². The van der Waals surface area contributed by atoms with Crippen molar-refractivity contribution in [2.24, 2.45) is 5.73 Å². The molecule has 2 aromatic rings. The Balaban J connectivity index is 2.67. The Morgan fingerprint density at radius 3 is 2.59 bits per heavy atom. The van der Waals surface area contributed by atoms with E-state index in [-0.39, 0.29) is 0 Å². The van der Waals surface area contributed by atoms with Crippen LogP contribution < -0.4 is 5.73 Å². The van der Waals surface area contributed by atoms with Gasteiger partial charge in [0.15, 0.2) is 0 Å². The minimum absolute atomic E-state index is 0.457. The topological polar surface area (TPSA) is 56.7 Å². The maximum Gasteiger partial charge on any atom is 0.0743 e. The molecule has 0 aliphatic heterocycles. The van der Waals surface area contributed by atoms with Gasteiger partial charge in [0.1, 0.15) is 0 Å². The molecule has 0 aromatic carbocycles. The highest BCUT2D eigenvalue weighted by atomic mass is 79.9. The Hall–Kier alpha value is -1.20. The second-order valence-corrected chi connectivity index (χ2v) is 4.85. The van der Waals surface area contributed by atoms with Crippen molar-refractivity contribution in [3.05, 3.63) is 39.4 Å². The molecule has 0 aliphatic carbocycles. The molecule has 2 aromatic heterocycles. The van der Waals surface area contributed by atoms with E-state index in [0.29, 0.717) is 6.54 Å². The third-order valence-corrected chi connectivity index (χ3v) is 3.90. The molecular formula is C12H15BrN4. The number of hydrogen-bond donors (Lipinski definition) is 1. The smallest absolute Gasteiger partial charge is 0.0743 e. The molecule has 0 saturated heterocycles. The standard InChI is InChI=1S/C12H15BrN4/c1-7-4-11(10(5-14)6-15-7)17-9(3)12(13)8(2)16-17/h4,6H,5,14H2,1-3H3. The molecule has 0 aliphatic rings. The highest BCUT2D eigenvalue weighted by Gasteiger charge is 2.13. The molecule has 2 N–H and O–H groups in total. The average molecular weight is 295 g/mol. The van der Waals surface area contributed by atoms with Crippen LogP contribution in [-0.2, 0) is 6.54 Å². The van der Waals surface area contributed by atoms with Crippen LogP contribution >= 0.6 is 15.9 Å². The zero-order valence-electron chi connectivity index (χ0n) is 10.2. The summed E-state index contributed by atoms with van der Waals surface area (Å²) < 4.78 is 2.95. The second kappa shape index (κ2) is 4.58. The lowest BCUT2D eigenvalue weighted by Crippen LogP contribution is -2.08. The van der Waals surface area contributed by atoms with Gasteiger partial charge in [-0.05, 0) is 42.8 Å². The molecule has 90 valence electrons. The summed E-state index contributed by atoms with van der Waals surface area (Å²) in [7, 11) is 0. The molecule has 2 rings (SSSR count). The minimum Gasteiger partial charge on any atom is -0.326 e. The first-order valence-corrected chi connectivity index (χ1v) is 6.21. The van der Waals surface area contributed by atoms with Gasteiger partial charge >= 0.3 is 0 Å². The molecule has 0 unspecified atom stereocenters. The number of aromatic nitrogens is 3. The van der Waals surface area contributed by atoms with Crippen molar-refractivity contribution < 1.29 is 0 Å². The predicted molar refractivity (Wildman–Crippen MR) is 71.2 cm³/mol. The van der Waals surface area contributed by atoms with Gasteiger partial charge in [0, 0.05) is 24.0 Å². The Morgan fingerprint density at radius 1 is 1.35 bits per heavy atom. The van der Waals surface area contributed by atoms with E-state index in [2.05, 4.69) is 26.0 Å². The van der Waals surface area contributed by atoms with Crippen LogP contribution in [0.4, 0.5) is 0 Å². The average Bonchev–Trinajstić information content (AvgIpc) is 2.57. The van der Waals surface area contributed by atoms with Crippen molar-refractivity contribution in [2.45, 2.75) is 27.3 Å². The lowest BCUT2D eigenvalue weighted by molar-refractivity contribution is 0.811. The van der Waals surface area contributed by atoms with Crippen LogP contribution in [0.2, 0.25) is 0 Å². The zero-order valence-corrected chi connectivity index (χ0v) is 11.7. The van der Waals surface area contributed by atoms with Gasteiger partial charge < -0.3 is 5.73 Å². The Morgan fingerprint density at radius 2 is 2.06 bits per heavy atom. The van der Waals surface area contributed by atoms with Crippen LogP contribution in [0.25, 0.3) is 5.69 Å². The molecule has 0 bridgehead atoms. The van der Waals surface area contributed by atoms with Crippen molar-refractivity contribution in [3.8, 4) is 5.69 Å². The first kappa shape index (κ1) is 12.3. The van der Waals surface area contributed by atoms with E-state index >= 15 is 0 Å². The van der Waals surface area contributed by atoms with Crippen LogP contribution in [0.5, 0.6) is 0 Å². The van der Waals surface area contributed by atoms with Crippen LogP contribution in [0, 0.1) is 20.8 Å². The summed E-state index contributed by atoms with van der Waals surface area (Å²) in [5.41, 5.74) is 10.7. The largest absolute Gasteiger partial charge is 0.326 e. The molecule has 0 atom stereocenters. The van der Waals surface area contributed by atoms with Crippen LogP contribution in [0.1, 0.15) is 22.6 Å². The predicted octanol–water partition coefficient (Wildman–Crippen LogP) is 2.41. The Labute approximate surface area is 109 Å². The normalized spacial score (nSPS) is 10.9. The molecule has 0 amide bonds. The number of nitrogens with two attached hydrogens (primary N) is 1. The van der Waals surface area contributed by atoms with Gasteiger partial charge in [-0.25, -0.2) is 4.68 Å². The van der Waals surface area contributed by atoms with Gasteiger partial charge in [0.2, 0.25) is 0 Å². The summed E-state index contributed by atoms with van der Waals surface area (Å²) in [6.07, 6.45) is 1.81. The van der Waals surface area contributed by atoms with Crippen LogP contribution in [-0.4, -0.2) is 14.8 Å². The summed E-state index contributed by atoms with van der Waals surface area (Å²) in [6, 6.07) is 2.01. The minimum atomic E-state index is 0.457. The third-order valence-electron chi connectivity index (χ3n) is 2.75. The van der Waals surface area contributed by atoms with E-state index in [1.807, 2.05) is 37.7 Å². The van der Waals surface area contributed by atoms with Gasteiger partial charge in [-0.15, -0.1) is 0 Å². The fourth-order valence-corrected chi connectivity index (χ4v) is 2.03.